The van der Waals surface area contributed by atoms with Crippen molar-refractivity contribution in [2.75, 3.05) is 0 Å². The lowest BCUT2D eigenvalue weighted by atomic mass is 10.2. The first-order chi connectivity index (χ1) is 11.7. The van der Waals surface area contributed by atoms with Crippen LogP contribution in [-0.2, 0) is 13.0 Å². The molecule has 2 heterocycles. The first kappa shape index (κ1) is 16.7. The molecule has 0 radical (unpaired) electrons. The van der Waals surface area contributed by atoms with Crippen molar-refractivity contribution < 1.29 is 0 Å². The molecular formula is C18H16ClN3OS. The number of benzene rings is 1. The topological polar surface area (TPSA) is 58.7 Å². The number of unbranched alkanes of at least 4 members (excludes halogenated alkanes) is 1. The SMILES string of the molecule is CCc1cc2c(=O)n(CCCC#N)c(-c3ccccc3Cl)nc2s1. The summed E-state index contributed by atoms with van der Waals surface area (Å²) in [6.45, 7) is 2.51. The molecule has 0 saturated carbocycles. The van der Waals surface area contributed by atoms with E-state index in [0.717, 1.165) is 21.7 Å². The van der Waals surface area contributed by atoms with E-state index in [1.165, 1.54) is 0 Å². The van der Waals surface area contributed by atoms with Crippen LogP contribution in [0.3, 0.4) is 0 Å². The van der Waals surface area contributed by atoms with E-state index in [9.17, 15) is 4.79 Å². The molecule has 3 rings (SSSR count). The fourth-order valence-corrected chi connectivity index (χ4v) is 3.79. The summed E-state index contributed by atoms with van der Waals surface area (Å²) in [6, 6.07) is 11.4. The number of aryl methyl sites for hydroxylation is 1. The second-order valence-electron chi connectivity index (χ2n) is 5.42. The number of nitrogens with zero attached hydrogens (tertiary/aromatic N) is 3. The van der Waals surface area contributed by atoms with Crippen LogP contribution >= 0.6 is 22.9 Å². The van der Waals surface area contributed by atoms with Crippen LogP contribution in [0.15, 0.2) is 35.1 Å². The second kappa shape index (κ2) is 7.16. The predicted octanol–water partition coefficient (Wildman–Crippen LogP) is 4.64. The molecular weight excluding hydrogens is 342 g/mol. The van der Waals surface area contributed by atoms with Gasteiger partial charge < -0.3 is 0 Å². The van der Waals surface area contributed by atoms with Crippen molar-refractivity contribution in [1.82, 2.24) is 9.55 Å². The van der Waals surface area contributed by atoms with Crippen LogP contribution in [0.2, 0.25) is 5.02 Å². The van der Waals surface area contributed by atoms with Crippen LogP contribution in [0.25, 0.3) is 21.6 Å². The van der Waals surface area contributed by atoms with E-state index in [2.05, 4.69) is 13.0 Å². The molecule has 122 valence electrons. The molecule has 6 heteroatoms. The van der Waals surface area contributed by atoms with Crippen LogP contribution in [-0.4, -0.2) is 9.55 Å². The minimum Gasteiger partial charge on any atom is -0.292 e. The Hall–Kier alpha value is -2.16. The van der Waals surface area contributed by atoms with Crippen molar-refractivity contribution in [3.8, 4) is 17.5 Å². The third kappa shape index (κ3) is 3.08. The summed E-state index contributed by atoms with van der Waals surface area (Å²) < 4.78 is 1.65. The predicted molar refractivity (Wildman–Crippen MR) is 98.6 cm³/mol. The van der Waals surface area contributed by atoms with Crippen molar-refractivity contribution in [1.29, 1.82) is 5.26 Å². The first-order valence-electron chi connectivity index (χ1n) is 7.80. The molecule has 3 aromatic rings. The monoisotopic (exact) mass is 357 g/mol. The molecule has 0 bridgehead atoms. The number of hydrogen-bond acceptors (Lipinski definition) is 4. The van der Waals surface area contributed by atoms with Gasteiger partial charge in [0.25, 0.3) is 5.56 Å². The maximum absolute atomic E-state index is 13.0. The summed E-state index contributed by atoms with van der Waals surface area (Å²) in [6.07, 6.45) is 1.87. The van der Waals surface area contributed by atoms with Crippen LogP contribution < -0.4 is 5.56 Å². The highest BCUT2D eigenvalue weighted by atomic mass is 35.5. The van der Waals surface area contributed by atoms with E-state index in [1.807, 2.05) is 24.3 Å². The maximum atomic E-state index is 13.0. The van der Waals surface area contributed by atoms with Gasteiger partial charge in [-0.1, -0.05) is 30.7 Å². The van der Waals surface area contributed by atoms with Gasteiger partial charge >= 0.3 is 0 Å². The molecule has 0 atom stereocenters. The molecule has 24 heavy (non-hydrogen) atoms. The zero-order valence-electron chi connectivity index (χ0n) is 13.3. The molecule has 0 amide bonds. The standard InChI is InChI=1S/C18H16ClN3OS/c1-2-12-11-14-17(24-12)21-16(13-7-3-4-8-15(13)19)22(18(14)23)10-6-5-9-20/h3-4,7-8,11H,2,5-6,10H2,1H3. The van der Waals surface area contributed by atoms with Crippen molar-refractivity contribution in [3.05, 3.63) is 50.6 Å². The lowest BCUT2D eigenvalue weighted by Crippen LogP contribution is -2.23. The van der Waals surface area contributed by atoms with Gasteiger partial charge in [-0.2, -0.15) is 5.26 Å². The fraction of sp³-hybridized carbons (Fsp3) is 0.278. The third-order valence-electron chi connectivity index (χ3n) is 3.84. The van der Waals surface area contributed by atoms with Crippen molar-refractivity contribution >= 4 is 33.2 Å². The van der Waals surface area contributed by atoms with E-state index in [4.69, 9.17) is 21.8 Å². The normalized spacial score (nSPS) is 10.9. The summed E-state index contributed by atoms with van der Waals surface area (Å²) in [5, 5.41) is 9.98. The second-order valence-corrected chi connectivity index (χ2v) is 6.94. The number of nitriles is 1. The molecule has 1 aromatic carbocycles. The van der Waals surface area contributed by atoms with Gasteiger partial charge in [-0.25, -0.2) is 4.98 Å². The van der Waals surface area contributed by atoms with Crippen LogP contribution in [0, 0.1) is 11.3 Å². The van der Waals surface area contributed by atoms with Gasteiger partial charge in [-0.15, -0.1) is 11.3 Å². The zero-order valence-corrected chi connectivity index (χ0v) is 14.8. The van der Waals surface area contributed by atoms with Crippen molar-refractivity contribution in [3.63, 3.8) is 0 Å². The van der Waals surface area contributed by atoms with Gasteiger partial charge in [-0.3, -0.25) is 9.36 Å². The smallest absolute Gasteiger partial charge is 0.262 e. The summed E-state index contributed by atoms with van der Waals surface area (Å²) >= 11 is 7.87. The summed E-state index contributed by atoms with van der Waals surface area (Å²) in [5.41, 5.74) is 0.672. The van der Waals surface area contributed by atoms with Gasteiger partial charge in [-0.05, 0) is 31.0 Å². The van der Waals surface area contributed by atoms with Crippen LogP contribution in [0.1, 0.15) is 24.6 Å². The van der Waals surface area contributed by atoms with E-state index in [-0.39, 0.29) is 5.56 Å². The zero-order chi connectivity index (χ0) is 17.1. The Labute approximate surface area is 149 Å². The first-order valence-corrected chi connectivity index (χ1v) is 9.00. The molecule has 0 aliphatic rings. The van der Waals surface area contributed by atoms with Gasteiger partial charge in [0, 0.05) is 23.4 Å². The maximum Gasteiger partial charge on any atom is 0.262 e. The fourth-order valence-electron chi connectivity index (χ4n) is 2.61. The molecule has 0 aliphatic carbocycles. The Morgan fingerprint density at radius 1 is 1.38 bits per heavy atom. The minimum atomic E-state index is -0.0659. The number of halogens is 1. The molecule has 0 fully saturated rings. The highest BCUT2D eigenvalue weighted by Gasteiger charge is 2.16. The Balaban J connectivity index is 2.25. The van der Waals surface area contributed by atoms with Gasteiger partial charge in [0.1, 0.15) is 10.7 Å². The lowest BCUT2D eigenvalue weighted by molar-refractivity contribution is 0.634. The summed E-state index contributed by atoms with van der Waals surface area (Å²) in [4.78, 5) is 19.6. The van der Waals surface area contributed by atoms with Crippen LogP contribution in [0.4, 0.5) is 0 Å². The number of fused-ring (bicyclic) bond motifs is 1. The number of rotatable bonds is 5. The third-order valence-corrected chi connectivity index (χ3v) is 5.34. The highest BCUT2D eigenvalue weighted by Crippen LogP contribution is 2.29. The van der Waals surface area contributed by atoms with Crippen molar-refractivity contribution in [2.24, 2.45) is 0 Å². The van der Waals surface area contributed by atoms with E-state index < -0.39 is 0 Å². The van der Waals surface area contributed by atoms with Gasteiger partial charge in [0.15, 0.2) is 0 Å². The average molecular weight is 358 g/mol. The number of hydrogen-bond donors (Lipinski definition) is 0. The Morgan fingerprint density at radius 3 is 2.88 bits per heavy atom. The molecule has 0 saturated heterocycles. The Kier molecular flexibility index (Phi) is 4.98. The minimum absolute atomic E-state index is 0.0659. The molecule has 4 nitrogen and oxygen atoms in total. The summed E-state index contributed by atoms with van der Waals surface area (Å²) in [5.74, 6) is 0.570. The molecule has 0 spiro atoms. The van der Waals surface area contributed by atoms with Crippen molar-refractivity contribution in [2.45, 2.75) is 32.7 Å². The van der Waals surface area contributed by atoms with Crippen LogP contribution in [0.5, 0.6) is 0 Å². The van der Waals surface area contributed by atoms with E-state index in [0.29, 0.717) is 35.6 Å². The number of thiophene rings is 1. The molecule has 2 aromatic heterocycles. The molecule has 0 unspecified atom stereocenters. The molecule has 0 aliphatic heterocycles. The van der Waals surface area contributed by atoms with E-state index in [1.54, 1.807) is 22.0 Å². The van der Waals surface area contributed by atoms with Gasteiger partial charge in [0.05, 0.1) is 16.5 Å². The largest absolute Gasteiger partial charge is 0.292 e. The quantitative estimate of drug-likeness (QED) is 0.625. The average Bonchev–Trinajstić information content (AvgIpc) is 3.01. The van der Waals surface area contributed by atoms with E-state index >= 15 is 0 Å². The van der Waals surface area contributed by atoms with Gasteiger partial charge in [0.2, 0.25) is 0 Å². The Bertz CT molecular complexity index is 984. The highest BCUT2D eigenvalue weighted by molar-refractivity contribution is 7.18. The lowest BCUT2D eigenvalue weighted by Gasteiger charge is -2.12. The molecule has 0 N–H and O–H groups in total. The summed E-state index contributed by atoms with van der Waals surface area (Å²) in [7, 11) is 0. The number of aromatic nitrogens is 2. The Morgan fingerprint density at radius 2 is 2.17 bits per heavy atom.